The summed E-state index contributed by atoms with van der Waals surface area (Å²) in [4.78, 5) is 19.6. The zero-order valence-electron chi connectivity index (χ0n) is 10.6. The summed E-state index contributed by atoms with van der Waals surface area (Å²) in [5, 5.41) is 0.648. The number of hydrogen-bond acceptors (Lipinski definition) is 2. The normalized spacial score (nSPS) is 11.5. The lowest BCUT2D eigenvalue weighted by Crippen LogP contribution is -2.20. The molecular weight excluding hydrogens is 245 g/mol. The largest absolute Gasteiger partial charge is 0.349 e. The summed E-state index contributed by atoms with van der Waals surface area (Å²) in [5.41, 5.74) is 1.61. The highest BCUT2D eigenvalue weighted by Gasteiger charge is 2.11. The van der Waals surface area contributed by atoms with Gasteiger partial charge in [0.05, 0.1) is 6.33 Å². The Morgan fingerprint density at radius 2 is 2.26 bits per heavy atom. The molecule has 2 heterocycles. The second-order valence-electron chi connectivity index (χ2n) is 4.64. The molecule has 0 atom stereocenters. The first-order valence-corrected chi connectivity index (χ1v) is 6.37. The minimum atomic E-state index is -0.328. The molecule has 0 spiro atoms. The Bertz CT molecular complexity index is 803. The lowest BCUT2D eigenvalue weighted by atomic mass is 10.2. The van der Waals surface area contributed by atoms with Crippen molar-refractivity contribution in [2.45, 2.75) is 26.3 Å². The van der Waals surface area contributed by atoms with E-state index < -0.39 is 0 Å². The molecule has 4 nitrogen and oxygen atoms in total. The van der Waals surface area contributed by atoms with E-state index in [1.165, 1.54) is 12.1 Å². The van der Waals surface area contributed by atoms with Crippen LogP contribution in [0.15, 0.2) is 29.3 Å². The van der Waals surface area contributed by atoms with Crippen LogP contribution in [0.3, 0.4) is 0 Å². The third kappa shape index (κ3) is 1.91. The van der Waals surface area contributed by atoms with Gasteiger partial charge in [0.1, 0.15) is 16.9 Å². The highest BCUT2D eigenvalue weighted by atomic mass is 19.1. The van der Waals surface area contributed by atoms with E-state index >= 15 is 0 Å². The molecular formula is C14H14FN3O. The highest BCUT2D eigenvalue weighted by molar-refractivity contribution is 6.04. The first-order chi connectivity index (χ1) is 9.20. The zero-order valence-corrected chi connectivity index (χ0v) is 10.6. The molecule has 0 bridgehead atoms. The van der Waals surface area contributed by atoms with Gasteiger partial charge in [-0.25, -0.2) is 9.37 Å². The second-order valence-corrected chi connectivity index (χ2v) is 4.64. The van der Waals surface area contributed by atoms with Crippen LogP contribution in [-0.2, 0) is 6.54 Å². The van der Waals surface area contributed by atoms with Crippen molar-refractivity contribution < 1.29 is 4.39 Å². The zero-order chi connectivity index (χ0) is 13.4. The summed E-state index contributed by atoms with van der Waals surface area (Å²) in [6.07, 6.45) is 3.49. The van der Waals surface area contributed by atoms with Crippen LogP contribution in [0.1, 0.15) is 19.8 Å². The molecule has 2 aromatic heterocycles. The third-order valence-corrected chi connectivity index (χ3v) is 3.29. The number of aromatic nitrogens is 3. The van der Waals surface area contributed by atoms with Crippen molar-refractivity contribution in [3.05, 3.63) is 40.7 Å². The van der Waals surface area contributed by atoms with Crippen molar-refractivity contribution in [2.75, 3.05) is 0 Å². The Hall–Kier alpha value is -2.17. The molecule has 0 aliphatic carbocycles. The Labute approximate surface area is 108 Å². The number of nitrogens with one attached hydrogen (secondary N) is 1. The van der Waals surface area contributed by atoms with Crippen molar-refractivity contribution in [3.63, 3.8) is 0 Å². The van der Waals surface area contributed by atoms with Crippen LogP contribution >= 0.6 is 0 Å². The molecule has 0 amide bonds. The number of H-pyrrole nitrogens is 1. The number of unbranched alkanes of at least 4 members (excludes halogenated alkanes) is 1. The predicted molar refractivity (Wildman–Crippen MR) is 72.7 cm³/mol. The van der Waals surface area contributed by atoms with Crippen LogP contribution in [0, 0.1) is 5.82 Å². The van der Waals surface area contributed by atoms with E-state index in [4.69, 9.17) is 0 Å². The topological polar surface area (TPSA) is 50.7 Å². The molecule has 3 rings (SSSR count). The van der Waals surface area contributed by atoms with Gasteiger partial charge in [0.25, 0.3) is 5.56 Å². The minimum absolute atomic E-state index is 0.102. The summed E-state index contributed by atoms with van der Waals surface area (Å²) in [6.45, 7) is 2.73. The number of aryl methyl sites for hydroxylation is 1. The smallest absolute Gasteiger partial charge is 0.277 e. The van der Waals surface area contributed by atoms with Gasteiger partial charge < -0.3 is 4.98 Å². The molecule has 0 unspecified atom stereocenters. The quantitative estimate of drug-likeness (QED) is 0.786. The molecule has 0 fully saturated rings. The molecule has 5 heteroatoms. The number of fused-ring (bicyclic) bond motifs is 3. The Balaban J connectivity index is 2.26. The van der Waals surface area contributed by atoms with Gasteiger partial charge >= 0.3 is 0 Å². The first kappa shape index (κ1) is 11.9. The van der Waals surface area contributed by atoms with E-state index in [2.05, 4.69) is 16.9 Å². The average molecular weight is 259 g/mol. The molecule has 0 aliphatic heterocycles. The number of halogens is 1. The maximum Gasteiger partial charge on any atom is 0.277 e. The Morgan fingerprint density at radius 1 is 1.42 bits per heavy atom. The first-order valence-electron chi connectivity index (χ1n) is 6.37. The van der Waals surface area contributed by atoms with Crippen LogP contribution < -0.4 is 5.56 Å². The van der Waals surface area contributed by atoms with Crippen LogP contribution in [0.5, 0.6) is 0 Å². The fourth-order valence-corrected chi connectivity index (χ4v) is 2.25. The van der Waals surface area contributed by atoms with Gasteiger partial charge in [-0.15, -0.1) is 0 Å². The minimum Gasteiger partial charge on any atom is -0.349 e. The monoisotopic (exact) mass is 259 g/mol. The van der Waals surface area contributed by atoms with Crippen molar-refractivity contribution >= 4 is 21.9 Å². The summed E-state index contributed by atoms with van der Waals surface area (Å²) >= 11 is 0. The van der Waals surface area contributed by atoms with Crippen molar-refractivity contribution in [1.82, 2.24) is 14.5 Å². The maximum absolute atomic E-state index is 13.3. The van der Waals surface area contributed by atoms with Crippen LogP contribution in [0.2, 0.25) is 0 Å². The van der Waals surface area contributed by atoms with Crippen LogP contribution in [0.25, 0.3) is 21.9 Å². The van der Waals surface area contributed by atoms with Crippen LogP contribution in [0.4, 0.5) is 4.39 Å². The van der Waals surface area contributed by atoms with E-state index in [-0.39, 0.29) is 11.4 Å². The van der Waals surface area contributed by atoms with E-state index in [0.717, 1.165) is 18.4 Å². The molecule has 98 valence electrons. The molecule has 19 heavy (non-hydrogen) atoms. The number of hydrogen-bond donors (Lipinski definition) is 1. The summed E-state index contributed by atoms with van der Waals surface area (Å²) < 4.78 is 14.9. The number of benzene rings is 1. The van der Waals surface area contributed by atoms with Gasteiger partial charge in [0.2, 0.25) is 0 Å². The third-order valence-electron chi connectivity index (χ3n) is 3.29. The lowest BCUT2D eigenvalue weighted by molar-refractivity contribution is 0.608. The van der Waals surface area contributed by atoms with Crippen molar-refractivity contribution in [1.29, 1.82) is 0 Å². The van der Waals surface area contributed by atoms with Crippen molar-refractivity contribution in [3.8, 4) is 0 Å². The molecule has 3 aromatic rings. The van der Waals surface area contributed by atoms with Gasteiger partial charge in [-0.2, -0.15) is 0 Å². The fourth-order valence-electron chi connectivity index (χ4n) is 2.25. The summed E-state index contributed by atoms with van der Waals surface area (Å²) in [5.74, 6) is -0.328. The van der Waals surface area contributed by atoms with E-state index in [0.29, 0.717) is 23.0 Å². The van der Waals surface area contributed by atoms with Gasteiger partial charge in [-0.3, -0.25) is 9.36 Å². The Kier molecular flexibility index (Phi) is 2.81. The van der Waals surface area contributed by atoms with E-state index in [1.807, 2.05) is 0 Å². The van der Waals surface area contributed by atoms with Gasteiger partial charge in [0, 0.05) is 17.4 Å². The highest BCUT2D eigenvalue weighted by Crippen LogP contribution is 2.21. The van der Waals surface area contributed by atoms with Crippen molar-refractivity contribution in [2.24, 2.45) is 0 Å². The van der Waals surface area contributed by atoms with E-state index in [9.17, 15) is 9.18 Å². The maximum atomic E-state index is 13.3. The van der Waals surface area contributed by atoms with Gasteiger partial charge in [-0.05, 0) is 24.6 Å². The molecule has 1 aromatic carbocycles. The molecule has 0 saturated carbocycles. The van der Waals surface area contributed by atoms with E-state index in [1.54, 1.807) is 17.0 Å². The summed E-state index contributed by atoms with van der Waals surface area (Å²) in [6, 6.07) is 4.40. The Morgan fingerprint density at radius 3 is 3.05 bits per heavy atom. The van der Waals surface area contributed by atoms with Gasteiger partial charge in [-0.1, -0.05) is 13.3 Å². The standard InChI is InChI=1S/C14H14FN3O/c1-2-3-6-18-8-16-12-10-7-9(15)4-5-11(10)17-13(12)14(18)19/h4-5,7-8,17H,2-3,6H2,1H3. The molecule has 0 radical (unpaired) electrons. The predicted octanol–water partition coefficient (Wildman–Crippen LogP) is 2.82. The lowest BCUT2D eigenvalue weighted by Gasteiger charge is -2.02. The molecule has 1 N–H and O–H groups in total. The van der Waals surface area contributed by atoms with Gasteiger partial charge in [0.15, 0.2) is 0 Å². The number of rotatable bonds is 3. The average Bonchev–Trinajstić information content (AvgIpc) is 2.77. The molecule has 0 aliphatic rings. The van der Waals surface area contributed by atoms with Crippen LogP contribution in [-0.4, -0.2) is 14.5 Å². The second kappa shape index (κ2) is 4.50. The molecule has 0 saturated heterocycles. The fraction of sp³-hybridized carbons (Fsp3) is 0.286. The number of nitrogens with zero attached hydrogens (tertiary/aromatic N) is 2. The number of aromatic amines is 1. The SMILES string of the molecule is CCCCn1cnc2c([nH]c3ccc(F)cc32)c1=O. The summed E-state index contributed by atoms with van der Waals surface area (Å²) in [7, 11) is 0.